The molecule has 0 spiro atoms. The van der Waals surface area contributed by atoms with Crippen molar-refractivity contribution in [3.05, 3.63) is 54.1 Å². The first-order chi connectivity index (χ1) is 17.6. The zero-order valence-corrected chi connectivity index (χ0v) is 23.9. The number of methoxy groups -OCH3 is 1. The van der Waals surface area contributed by atoms with Gasteiger partial charge in [-0.3, -0.25) is 0 Å². The Balaban J connectivity index is 1.31. The Morgan fingerprint density at radius 2 is 1.65 bits per heavy atom. The van der Waals surface area contributed by atoms with E-state index in [9.17, 15) is 4.79 Å². The van der Waals surface area contributed by atoms with Crippen LogP contribution in [0.15, 0.2) is 43.0 Å². The lowest BCUT2D eigenvalue weighted by molar-refractivity contribution is -0.174. The van der Waals surface area contributed by atoms with Crippen LogP contribution in [0.4, 0.5) is 0 Å². The number of benzene rings is 1. The van der Waals surface area contributed by atoms with Crippen LogP contribution in [0.1, 0.15) is 108 Å². The Morgan fingerprint density at radius 3 is 2.35 bits per heavy atom. The fourth-order valence-electron chi connectivity index (χ4n) is 11.6. The van der Waals surface area contributed by atoms with Crippen LogP contribution in [0.2, 0.25) is 0 Å². The van der Waals surface area contributed by atoms with Gasteiger partial charge in [-0.25, -0.2) is 4.79 Å². The third-order valence-electron chi connectivity index (χ3n) is 13.2. The molecule has 0 aromatic heterocycles. The molecule has 0 radical (unpaired) electrons. The molecule has 7 unspecified atom stereocenters. The molecule has 0 amide bonds. The lowest BCUT2D eigenvalue weighted by Crippen LogP contribution is -2.60. The van der Waals surface area contributed by atoms with Crippen molar-refractivity contribution in [3.8, 4) is 0 Å². The standard InChI is InChI=1S/C35H48O2/c1-7-35-19-8-9-28(35)25-14-15-30-33(4,27(25)17-22-35)21-18-29-32(2,3)26(16-20-34(29,30)5)23-10-12-24(13-11-23)31(36)37-6/h7,10-13,16,25,27-30H,1,8-9,14-15,17-22H2,2-6H3/t25?,27?,28-,29?,30?,33?,34?,35?/m1/s1. The lowest BCUT2D eigenvalue weighted by atomic mass is 9.36. The van der Waals surface area contributed by atoms with Gasteiger partial charge in [0.1, 0.15) is 0 Å². The van der Waals surface area contributed by atoms with E-state index in [1.165, 1.54) is 82.5 Å². The maximum atomic E-state index is 12.0. The van der Waals surface area contributed by atoms with Gasteiger partial charge >= 0.3 is 5.97 Å². The van der Waals surface area contributed by atoms with Gasteiger partial charge in [-0.2, -0.15) is 0 Å². The molecule has 2 nitrogen and oxygen atoms in total. The van der Waals surface area contributed by atoms with Crippen LogP contribution in [0.3, 0.4) is 0 Å². The smallest absolute Gasteiger partial charge is 0.337 e. The molecule has 0 heterocycles. The first-order valence-corrected chi connectivity index (χ1v) is 15.1. The Kier molecular flexibility index (Phi) is 5.91. The molecule has 200 valence electrons. The molecule has 1 aromatic rings. The molecule has 0 saturated heterocycles. The Bertz CT molecular complexity index is 1110. The molecule has 4 fully saturated rings. The van der Waals surface area contributed by atoms with E-state index in [2.05, 4.69) is 58.6 Å². The summed E-state index contributed by atoms with van der Waals surface area (Å²) in [5.74, 6) is 3.97. The summed E-state index contributed by atoms with van der Waals surface area (Å²) in [6.45, 7) is 14.8. The van der Waals surface area contributed by atoms with Gasteiger partial charge in [-0.15, -0.1) is 6.58 Å². The fraction of sp³-hybridized carbons (Fsp3) is 0.686. The van der Waals surface area contributed by atoms with Crippen LogP contribution in [-0.2, 0) is 4.74 Å². The summed E-state index contributed by atoms with van der Waals surface area (Å²) in [7, 11) is 1.45. The molecule has 6 rings (SSSR count). The molecule has 5 aliphatic rings. The van der Waals surface area contributed by atoms with Gasteiger partial charge in [0.25, 0.3) is 0 Å². The van der Waals surface area contributed by atoms with E-state index in [-0.39, 0.29) is 11.4 Å². The van der Waals surface area contributed by atoms with E-state index >= 15 is 0 Å². The summed E-state index contributed by atoms with van der Waals surface area (Å²) < 4.78 is 4.92. The zero-order chi connectivity index (χ0) is 26.2. The molecule has 0 bridgehead atoms. The third kappa shape index (κ3) is 3.45. The summed E-state index contributed by atoms with van der Waals surface area (Å²) in [5.41, 5.74) is 4.79. The minimum atomic E-state index is -0.260. The zero-order valence-electron chi connectivity index (χ0n) is 23.9. The van der Waals surface area contributed by atoms with E-state index in [0.717, 1.165) is 23.7 Å². The largest absolute Gasteiger partial charge is 0.465 e. The van der Waals surface area contributed by atoms with Crippen molar-refractivity contribution in [2.24, 2.45) is 51.2 Å². The average molecular weight is 501 g/mol. The van der Waals surface area contributed by atoms with Gasteiger partial charge in [-0.05, 0) is 132 Å². The fourth-order valence-corrected chi connectivity index (χ4v) is 11.6. The van der Waals surface area contributed by atoms with Crippen molar-refractivity contribution in [1.29, 1.82) is 0 Å². The molecule has 4 saturated carbocycles. The Hall–Kier alpha value is -1.83. The predicted octanol–water partition coefficient (Wildman–Crippen LogP) is 9.12. The maximum Gasteiger partial charge on any atom is 0.337 e. The molecular weight excluding hydrogens is 452 g/mol. The number of hydrogen-bond donors (Lipinski definition) is 0. The summed E-state index contributed by atoms with van der Waals surface area (Å²) in [4.78, 5) is 12.0. The van der Waals surface area contributed by atoms with Crippen molar-refractivity contribution in [1.82, 2.24) is 0 Å². The number of carbonyl (C=O) groups excluding carboxylic acids is 1. The second-order valence-corrected chi connectivity index (χ2v) is 14.6. The Morgan fingerprint density at radius 1 is 0.892 bits per heavy atom. The number of rotatable bonds is 3. The van der Waals surface area contributed by atoms with Crippen molar-refractivity contribution in [2.75, 3.05) is 7.11 Å². The SMILES string of the molecule is C=CC12CCC[C@@H]1C1CCC3C(C)(CCC4C(C)(C)C(c5ccc(C(=O)OC)cc5)=CCC43C)C1CC2. The van der Waals surface area contributed by atoms with Crippen molar-refractivity contribution < 1.29 is 9.53 Å². The summed E-state index contributed by atoms with van der Waals surface area (Å²) >= 11 is 0. The molecule has 5 aliphatic carbocycles. The topological polar surface area (TPSA) is 26.3 Å². The van der Waals surface area contributed by atoms with Crippen LogP contribution in [-0.4, -0.2) is 13.1 Å². The first-order valence-electron chi connectivity index (χ1n) is 15.1. The van der Waals surface area contributed by atoms with E-state index in [4.69, 9.17) is 4.74 Å². The highest BCUT2D eigenvalue weighted by Crippen LogP contribution is 2.73. The van der Waals surface area contributed by atoms with E-state index in [0.29, 0.717) is 27.7 Å². The van der Waals surface area contributed by atoms with E-state index in [1.54, 1.807) is 0 Å². The molecule has 8 atom stereocenters. The van der Waals surface area contributed by atoms with Crippen molar-refractivity contribution in [2.45, 2.75) is 91.9 Å². The normalized spacial score (nSPS) is 43.9. The van der Waals surface area contributed by atoms with Crippen LogP contribution < -0.4 is 0 Å². The van der Waals surface area contributed by atoms with Crippen LogP contribution >= 0.6 is 0 Å². The maximum absolute atomic E-state index is 12.0. The van der Waals surface area contributed by atoms with Gasteiger partial charge < -0.3 is 4.74 Å². The molecule has 0 N–H and O–H groups in total. The second-order valence-electron chi connectivity index (χ2n) is 14.6. The van der Waals surface area contributed by atoms with E-state index in [1.807, 2.05) is 12.1 Å². The summed E-state index contributed by atoms with van der Waals surface area (Å²) in [6, 6.07) is 8.13. The van der Waals surface area contributed by atoms with Gasteiger partial charge in [0, 0.05) is 0 Å². The average Bonchev–Trinajstić information content (AvgIpc) is 3.33. The number of ether oxygens (including phenoxy) is 1. The number of esters is 1. The number of carbonyl (C=O) groups is 1. The first kappa shape index (κ1) is 25.4. The molecule has 0 aliphatic heterocycles. The molecular formula is C35H48O2. The minimum absolute atomic E-state index is 0.119. The van der Waals surface area contributed by atoms with Gasteiger partial charge in [0.15, 0.2) is 0 Å². The number of allylic oxidation sites excluding steroid dienone is 3. The van der Waals surface area contributed by atoms with Gasteiger partial charge in [0.2, 0.25) is 0 Å². The van der Waals surface area contributed by atoms with Crippen LogP contribution in [0, 0.1) is 51.2 Å². The molecule has 1 aromatic carbocycles. The lowest BCUT2D eigenvalue weighted by Gasteiger charge is -2.68. The van der Waals surface area contributed by atoms with Crippen LogP contribution in [0.5, 0.6) is 0 Å². The van der Waals surface area contributed by atoms with Gasteiger partial charge in [0.05, 0.1) is 12.7 Å². The predicted molar refractivity (Wildman–Crippen MR) is 152 cm³/mol. The second kappa shape index (κ2) is 8.59. The number of fused-ring (bicyclic) bond motifs is 7. The number of hydrogen-bond acceptors (Lipinski definition) is 2. The highest BCUT2D eigenvalue weighted by molar-refractivity contribution is 5.89. The quantitative estimate of drug-likeness (QED) is 0.305. The summed E-state index contributed by atoms with van der Waals surface area (Å²) in [6.07, 6.45) is 18.8. The van der Waals surface area contributed by atoms with Crippen LogP contribution in [0.25, 0.3) is 5.57 Å². The summed E-state index contributed by atoms with van der Waals surface area (Å²) in [5, 5.41) is 0. The third-order valence-corrected chi connectivity index (χ3v) is 13.2. The van der Waals surface area contributed by atoms with E-state index < -0.39 is 0 Å². The molecule has 37 heavy (non-hydrogen) atoms. The minimum Gasteiger partial charge on any atom is -0.465 e. The molecule has 2 heteroatoms. The van der Waals surface area contributed by atoms with Crippen molar-refractivity contribution >= 4 is 11.5 Å². The highest BCUT2D eigenvalue weighted by atomic mass is 16.5. The monoisotopic (exact) mass is 500 g/mol. The van der Waals surface area contributed by atoms with Gasteiger partial charge in [-0.1, -0.05) is 58.4 Å². The van der Waals surface area contributed by atoms with Crippen molar-refractivity contribution in [3.63, 3.8) is 0 Å². The Labute approximate surface area is 225 Å². The highest BCUT2D eigenvalue weighted by Gasteiger charge is 2.65.